The van der Waals surface area contributed by atoms with E-state index in [1.165, 1.54) is 0 Å². The van der Waals surface area contributed by atoms with Crippen molar-refractivity contribution in [2.24, 2.45) is 7.05 Å². The number of aryl methyl sites for hydroxylation is 2. The van der Waals surface area contributed by atoms with Crippen molar-refractivity contribution in [3.8, 4) is 0 Å². The summed E-state index contributed by atoms with van der Waals surface area (Å²) in [6.45, 7) is 2.67. The molecule has 3 rings (SSSR count). The minimum atomic E-state index is -0.192. The van der Waals surface area contributed by atoms with Crippen molar-refractivity contribution in [3.63, 3.8) is 0 Å². The fourth-order valence-corrected chi connectivity index (χ4v) is 2.96. The molecule has 122 valence electrons. The number of carbonyl (C=O) groups is 2. The lowest BCUT2D eigenvalue weighted by Crippen LogP contribution is -2.37. The van der Waals surface area contributed by atoms with E-state index in [0.717, 1.165) is 36.0 Å². The predicted octanol–water partition coefficient (Wildman–Crippen LogP) is 1.62. The minimum absolute atomic E-state index is 0.0642. The second-order valence-electron chi connectivity index (χ2n) is 5.98. The highest BCUT2D eigenvalue weighted by molar-refractivity contribution is 5.96. The predicted molar refractivity (Wildman–Crippen MR) is 86.9 cm³/mol. The molecule has 7 nitrogen and oxygen atoms in total. The number of aromatic nitrogens is 3. The zero-order valence-corrected chi connectivity index (χ0v) is 13.5. The first-order valence-corrected chi connectivity index (χ1v) is 7.91. The Bertz CT molecular complexity index is 752. The Kier molecular flexibility index (Phi) is 4.27. The summed E-state index contributed by atoms with van der Waals surface area (Å²) in [5, 5.41) is 8.05. The van der Waals surface area contributed by atoms with Crippen molar-refractivity contribution in [3.05, 3.63) is 18.0 Å². The van der Waals surface area contributed by atoms with E-state index in [1.807, 2.05) is 20.0 Å². The first kappa shape index (κ1) is 15.5. The number of likely N-dealkylation sites (tertiary alicyclic amines) is 1. The third-order valence-corrected chi connectivity index (χ3v) is 4.15. The van der Waals surface area contributed by atoms with Crippen LogP contribution >= 0.6 is 0 Å². The Morgan fingerprint density at radius 2 is 2.17 bits per heavy atom. The van der Waals surface area contributed by atoms with Gasteiger partial charge in [0.05, 0.1) is 24.1 Å². The van der Waals surface area contributed by atoms with Gasteiger partial charge in [-0.2, -0.15) is 5.10 Å². The molecule has 0 spiro atoms. The van der Waals surface area contributed by atoms with Crippen LogP contribution in [-0.4, -0.2) is 44.6 Å². The molecule has 1 aliphatic rings. The number of carbonyl (C=O) groups excluding carboxylic acids is 2. The molecular formula is C16H21N5O2. The summed E-state index contributed by atoms with van der Waals surface area (Å²) in [5.74, 6) is -0.128. The summed E-state index contributed by atoms with van der Waals surface area (Å²) in [6, 6.07) is 1.87. The molecule has 1 fully saturated rings. The molecule has 0 saturated carbocycles. The molecule has 7 heteroatoms. The molecular weight excluding hydrogens is 294 g/mol. The average Bonchev–Trinajstić information content (AvgIpc) is 2.67. The van der Waals surface area contributed by atoms with Gasteiger partial charge in [-0.15, -0.1) is 0 Å². The Labute approximate surface area is 134 Å². The van der Waals surface area contributed by atoms with E-state index < -0.39 is 0 Å². The van der Waals surface area contributed by atoms with Crippen molar-refractivity contribution in [1.82, 2.24) is 19.7 Å². The SMILES string of the molecule is Cc1nn(C)c2ncc(NC(=O)CN3CCCCCC3=O)cc12. The molecule has 0 unspecified atom stereocenters. The van der Waals surface area contributed by atoms with Crippen molar-refractivity contribution in [1.29, 1.82) is 0 Å². The number of fused-ring (bicyclic) bond motifs is 1. The lowest BCUT2D eigenvalue weighted by molar-refractivity contribution is -0.134. The zero-order valence-electron chi connectivity index (χ0n) is 13.5. The highest BCUT2D eigenvalue weighted by atomic mass is 16.2. The van der Waals surface area contributed by atoms with Gasteiger partial charge in [0.1, 0.15) is 0 Å². The van der Waals surface area contributed by atoms with Gasteiger partial charge in [0.25, 0.3) is 0 Å². The van der Waals surface area contributed by atoms with Crippen LogP contribution in [0.15, 0.2) is 12.3 Å². The summed E-state index contributed by atoms with van der Waals surface area (Å²) >= 11 is 0. The second kappa shape index (κ2) is 6.36. The molecule has 0 radical (unpaired) electrons. The average molecular weight is 315 g/mol. The van der Waals surface area contributed by atoms with Gasteiger partial charge in [0.2, 0.25) is 11.8 Å². The molecule has 2 aromatic heterocycles. The van der Waals surface area contributed by atoms with Crippen LogP contribution in [-0.2, 0) is 16.6 Å². The van der Waals surface area contributed by atoms with Crippen LogP contribution in [0.3, 0.4) is 0 Å². The maximum Gasteiger partial charge on any atom is 0.244 e. The molecule has 23 heavy (non-hydrogen) atoms. The number of pyridine rings is 1. The second-order valence-corrected chi connectivity index (χ2v) is 5.98. The van der Waals surface area contributed by atoms with Crippen molar-refractivity contribution in [2.75, 3.05) is 18.4 Å². The number of rotatable bonds is 3. The molecule has 2 aromatic rings. The van der Waals surface area contributed by atoms with Crippen LogP contribution in [0.5, 0.6) is 0 Å². The maximum atomic E-state index is 12.2. The smallest absolute Gasteiger partial charge is 0.244 e. The van der Waals surface area contributed by atoms with Crippen molar-refractivity contribution >= 4 is 28.5 Å². The first-order valence-electron chi connectivity index (χ1n) is 7.91. The Morgan fingerprint density at radius 1 is 1.35 bits per heavy atom. The van der Waals surface area contributed by atoms with E-state index in [2.05, 4.69) is 15.4 Å². The van der Waals surface area contributed by atoms with Crippen LogP contribution in [0.25, 0.3) is 11.0 Å². The molecule has 3 heterocycles. The molecule has 0 aromatic carbocycles. The van der Waals surface area contributed by atoms with Crippen LogP contribution in [0.4, 0.5) is 5.69 Å². The van der Waals surface area contributed by atoms with Gasteiger partial charge in [-0.05, 0) is 25.8 Å². The topological polar surface area (TPSA) is 80.1 Å². The van der Waals surface area contributed by atoms with Crippen molar-refractivity contribution in [2.45, 2.75) is 32.6 Å². The van der Waals surface area contributed by atoms with Crippen molar-refractivity contribution < 1.29 is 9.59 Å². The fourth-order valence-electron chi connectivity index (χ4n) is 2.96. The van der Waals surface area contributed by atoms with E-state index in [4.69, 9.17) is 0 Å². The standard InChI is InChI=1S/C16H21N5O2/c1-11-13-8-12(9-17-16(13)20(2)19-11)18-14(22)10-21-7-5-3-4-6-15(21)23/h8-9H,3-7,10H2,1-2H3,(H,18,22). The summed E-state index contributed by atoms with van der Waals surface area (Å²) in [4.78, 5) is 30.1. The lowest BCUT2D eigenvalue weighted by Gasteiger charge is -2.19. The summed E-state index contributed by atoms with van der Waals surface area (Å²) < 4.78 is 1.71. The Balaban J connectivity index is 1.70. The summed E-state index contributed by atoms with van der Waals surface area (Å²) in [5.41, 5.74) is 2.28. The Hall–Kier alpha value is -2.44. The normalized spacial score (nSPS) is 15.7. The number of hydrogen-bond acceptors (Lipinski definition) is 4. The van der Waals surface area contributed by atoms with Gasteiger partial charge in [0.15, 0.2) is 5.65 Å². The first-order chi connectivity index (χ1) is 11.0. The molecule has 0 atom stereocenters. The third kappa shape index (κ3) is 3.33. The van der Waals surface area contributed by atoms with E-state index in [9.17, 15) is 9.59 Å². The van der Waals surface area contributed by atoms with Gasteiger partial charge < -0.3 is 10.2 Å². The van der Waals surface area contributed by atoms with Gasteiger partial charge in [-0.25, -0.2) is 4.98 Å². The van der Waals surface area contributed by atoms with Crippen LogP contribution < -0.4 is 5.32 Å². The molecule has 1 saturated heterocycles. The summed E-state index contributed by atoms with van der Waals surface area (Å²) in [7, 11) is 1.84. The van der Waals surface area contributed by atoms with E-state index in [0.29, 0.717) is 18.7 Å². The van der Waals surface area contributed by atoms with Crippen LogP contribution in [0.1, 0.15) is 31.4 Å². The zero-order chi connectivity index (χ0) is 16.4. The quantitative estimate of drug-likeness (QED) is 0.933. The molecule has 0 bridgehead atoms. The molecule has 1 N–H and O–H groups in total. The maximum absolute atomic E-state index is 12.2. The largest absolute Gasteiger partial charge is 0.333 e. The lowest BCUT2D eigenvalue weighted by atomic mass is 10.2. The Morgan fingerprint density at radius 3 is 3.00 bits per heavy atom. The highest BCUT2D eigenvalue weighted by Gasteiger charge is 2.19. The van der Waals surface area contributed by atoms with Gasteiger partial charge in [0, 0.05) is 25.4 Å². The minimum Gasteiger partial charge on any atom is -0.333 e. The van der Waals surface area contributed by atoms with Gasteiger partial charge >= 0.3 is 0 Å². The number of hydrogen-bond donors (Lipinski definition) is 1. The fraction of sp³-hybridized carbons (Fsp3) is 0.500. The molecule has 1 aliphatic heterocycles. The third-order valence-electron chi connectivity index (χ3n) is 4.15. The highest BCUT2D eigenvalue weighted by Crippen LogP contribution is 2.19. The number of anilines is 1. The van der Waals surface area contributed by atoms with Crippen LogP contribution in [0.2, 0.25) is 0 Å². The summed E-state index contributed by atoms with van der Waals surface area (Å²) in [6.07, 6.45) is 5.07. The van der Waals surface area contributed by atoms with E-state index in [-0.39, 0.29) is 18.4 Å². The molecule has 2 amide bonds. The van der Waals surface area contributed by atoms with Gasteiger partial charge in [-0.1, -0.05) is 6.42 Å². The van der Waals surface area contributed by atoms with Gasteiger partial charge in [-0.3, -0.25) is 14.3 Å². The van der Waals surface area contributed by atoms with E-state index >= 15 is 0 Å². The number of nitrogens with zero attached hydrogens (tertiary/aromatic N) is 4. The van der Waals surface area contributed by atoms with E-state index in [1.54, 1.807) is 15.8 Å². The molecule has 0 aliphatic carbocycles. The number of nitrogens with one attached hydrogen (secondary N) is 1. The monoisotopic (exact) mass is 315 g/mol. The van der Waals surface area contributed by atoms with Crippen LogP contribution in [0, 0.1) is 6.92 Å². The number of amides is 2.